The van der Waals surface area contributed by atoms with Gasteiger partial charge in [0.15, 0.2) is 0 Å². The van der Waals surface area contributed by atoms with E-state index in [0.717, 1.165) is 33.7 Å². The second kappa shape index (κ2) is 12.1. The predicted octanol–water partition coefficient (Wildman–Crippen LogP) is 5.60. The number of hydrogen-bond donors (Lipinski definition) is 0. The third kappa shape index (κ3) is 6.83. The van der Waals surface area contributed by atoms with Gasteiger partial charge in [-0.2, -0.15) is 5.10 Å². The number of aromatic nitrogens is 4. The van der Waals surface area contributed by atoms with Gasteiger partial charge < -0.3 is 28.7 Å². The van der Waals surface area contributed by atoms with Crippen molar-refractivity contribution in [2.45, 2.75) is 44.8 Å². The van der Waals surface area contributed by atoms with Crippen molar-refractivity contribution >= 4 is 28.5 Å². The number of hydrogen-bond acceptors (Lipinski definition) is 9. The third-order valence-electron chi connectivity index (χ3n) is 7.69. The van der Waals surface area contributed by atoms with E-state index < -0.39 is 11.2 Å². The quantitative estimate of drug-likeness (QED) is 0.260. The maximum absolute atomic E-state index is 12.8. The van der Waals surface area contributed by atoms with Gasteiger partial charge in [0.05, 0.1) is 55.5 Å². The Kier molecular flexibility index (Phi) is 8.45. The Morgan fingerprint density at radius 1 is 0.953 bits per heavy atom. The highest BCUT2D eigenvalue weighted by Crippen LogP contribution is 2.38. The number of fused-ring (bicyclic) bond motifs is 1. The molecule has 1 amide bonds. The average molecular weight is 589 g/mol. The molecule has 43 heavy (non-hydrogen) atoms. The minimum Gasteiger partial charge on any atom is -0.497 e. The molecule has 0 saturated carbocycles. The summed E-state index contributed by atoms with van der Waals surface area (Å²) in [6.45, 7) is 7.20. The number of ether oxygens (including phenoxy) is 4. The SMILES string of the molecule is COc1cc(OC)cc(N(CC2(OC)CCN(C(=O)OC(C)(C)C)CC2)c2ccc3ncc(-c4cnn(C)c4)nc3c2)c1. The van der Waals surface area contributed by atoms with E-state index in [1.165, 1.54) is 0 Å². The number of carbonyl (C=O) groups excluding carboxylic acids is 1. The van der Waals surface area contributed by atoms with Crippen LogP contribution in [0.25, 0.3) is 22.3 Å². The highest BCUT2D eigenvalue weighted by molar-refractivity contribution is 5.83. The molecule has 2 aromatic heterocycles. The van der Waals surface area contributed by atoms with Gasteiger partial charge in [-0.25, -0.2) is 9.78 Å². The second-order valence-electron chi connectivity index (χ2n) is 11.8. The molecular weight excluding hydrogens is 548 g/mol. The molecule has 0 unspecified atom stereocenters. The molecule has 1 saturated heterocycles. The largest absolute Gasteiger partial charge is 0.497 e. The Morgan fingerprint density at radius 3 is 2.23 bits per heavy atom. The summed E-state index contributed by atoms with van der Waals surface area (Å²) in [7, 11) is 6.88. The van der Waals surface area contributed by atoms with Gasteiger partial charge in [0.1, 0.15) is 17.1 Å². The fourth-order valence-corrected chi connectivity index (χ4v) is 5.28. The molecular formula is C32H40N6O5. The van der Waals surface area contributed by atoms with E-state index in [2.05, 4.69) is 15.0 Å². The second-order valence-corrected chi connectivity index (χ2v) is 11.8. The fourth-order valence-electron chi connectivity index (χ4n) is 5.28. The van der Waals surface area contributed by atoms with E-state index in [-0.39, 0.29) is 6.09 Å². The van der Waals surface area contributed by atoms with E-state index >= 15 is 0 Å². The molecule has 0 aliphatic carbocycles. The smallest absolute Gasteiger partial charge is 0.410 e. The first-order chi connectivity index (χ1) is 20.5. The first kappa shape index (κ1) is 30.1. The molecule has 4 aromatic rings. The maximum Gasteiger partial charge on any atom is 0.410 e. The van der Waals surface area contributed by atoms with Crippen molar-refractivity contribution in [3.63, 3.8) is 0 Å². The van der Waals surface area contributed by atoms with Crippen LogP contribution in [0.15, 0.2) is 55.0 Å². The molecule has 5 rings (SSSR count). The maximum atomic E-state index is 12.8. The molecule has 0 radical (unpaired) electrons. The summed E-state index contributed by atoms with van der Waals surface area (Å²) in [5.74, 6) is 1.34. The van der Waals surface area contributed by atoms with Crippen LogP contribution < -0.4 is 14.4 Å². The van der Waals surface area contributed by atoms with Crippen molar-refractivity contribution in [1.29, 1.82) is 0 Å². The Hall–Kier alpha value is -4.38. The van der Waals surface area contributed by atoms with Crippen molar-refractivity contribution < 1.29 is 23.7 Å². The molecule has 1 aliphatic rings. The molecule has 0 bridgehead atoms. The minimum atomic E-state index is -0.551. The van der Waals surface area contributed by atoms with Gasteiger partial charge >= 0.3 is 6.09 Å². The lowest BCUT2D eigenvalue weighted by molar-refractivity contribution is -0.0538. The number of benzene rings is 2. The highest BCUT2D eigenvalue weighted by atomic mass is 16.6. The molecule has 0 atom stereocenters. The minimum absolute atomic E-state index is 0.302. The summed E-state index contributed by atoms with van der Waals surface area (Å²) in [6, 6.07) is 11.8. The van der Waals surface area contributed by atoms with E-state index in [0.29, 0.717) is 44.0 Å². The summed E-state index contributed by atoms with van der Waals surface area (Å²) in [5, 5.41) is 4.28. The van der Waals surface area contributed by atoms with Crippen LogP contribution in [-0.2, 0) is 16.5 Å². The van der Waals surface area contributed by atoms with Crippen molar-refractivity contribution in [2.75, 3.05) is 45.9 Å². The van der Waals surface area contributed by atoms with E-state index in [1.807, 2.05) is 70.4 Å². The van der Waals surface area contributed by atoms with Crippen molar-refractivity contribution in [2.24, 2.45) is 7.05 Å². The molecule has 11 nitrogen and oxygen atoms in total. The summed E-state index contributed by atoms with van der Waals surface area (Å²) >= 11 is 0. The van der Waals surface area contributed by atoms with Gasteiger partial charge in [0.25, 0.3) is 0 Å². The van der Waals surface area contributed by atoms with Crippen LogP contribution >= 0.6 is 0 Å². The third-order valence-corrected chi connectivity index (χ3v) is 7.69. The lowest BCUT2D eigenvalue weighted by atomic mass is 9.90. The highest BCUT2D eigenvalue weighted by Gasteiger charge is 2.39. The van der Waals surface area contributed by atoms with Crippen LogP contribution in [0.1, 0.15) is 33.6 Å². The number of carbonyl (C=O) groups is 1. The van der Waals surface area contributed by atoms with Crippen LogP contribution in [0.5, 0.6) is 11.5 Å². The zero-order valence-electron chi connectivity index (χ0n) is 26.0. The van der Waals surface area contributed by atoms with E-state index in [4.69, 9.17) is 23.9 Å². The molecule has 228 valence electrons. The van der Waals surface area contributed by atoms with Crippen molar-refractivity contribution in [3.8, 4) is 22.8 Å². The monoisotopic (exact) mass is 588 g/mol. The van der Waals surface area contributed by atoms with Crippen LogP contribution in [0.2, 0.25) is 0 Å². The number of rotatable bonds is 8. The number of piperidine rings is 1. The van der Waals surface area contributed by atoms with Crippen LogP contribution in [0.3, 0.4) is 0 Å². The summed E-state index contributed by atoms with van der Waals surface area (Å²) < 4.78 is 24.8. The standard InChI is InChI=1S/C32H40N6O5/c1-31(2,3)43-30(39)37-12-10-32(42-7,11-13-37)21-38(24-14-25(40-5)17-26(15-24)41-6)23-8-9-27-28(16-23)35-29(19-33-27)22-18-34-36(4)20-22/h8-9,14-20H,10-13,21H2,1-7H3. The Balaban J connectivity index is 1.51. The van der Waals surface area contributed by atoms with Gasteiger partial charge in [-0.15, -0.1) is 0 Å². The normalized spacial score (nSPS) is 14.9. The molecule has 2 aromatic carbocycles. The fraction of sp³-hybridized carbons (Fsp3) is 0.438. The van der Waals surface area contributed by atoms with Crippen LogP contribution in [0.4, 0.5) is 16.2 Å². The van der Waals surface area contributed by atoms with Gasteiger partial charge in [-0.3, -0.25) is 9.67 Å². The number of methoxy groups -OCH3 is 3. The lowest BCUT2D eigenvalue weighted by Crippen LogP contribution is -2.53. The molecule has 0 spiro atoms. The van der Waals surface area contributed by atoms with Crippen molar-refractivity contribution in [3.05, 3.63) is 55.0 Å². The first-order valence-electron chi connectivity index (χ1n) is 14.3. The first-order valence-corrected chi connectivity index (χ1v) is 14.3. The Bertz CT molecular complexity index is 1570. The zero-order valence-corrected chi connectivity index (χ0v) is 26.0. The Labute approximate surface area is 252 Å². The summed E-state index contributed by atoms with van der Waals surface area (Å²) in [4.78, 5) is 26.3. The number of likely N-dealkylation sites (tertiary alicyclic amines) is 1. The topological polar surface area (TPSA) is 104 Å². The van der Waals surface area contributed by atoms with Crippen LogP contribution in [-0.4, -0.2) is 82.9 Å². The van der Waals surface area contributed by atoms with Crippen LogP contribution in [0, 0.1) is 0 Å². The number of aryl methyl sites for hydroxylation is 1. The molecule has 11 heteroatoms. The number of nitrogens with zero attached hydrogens (tertiary/aromatic N) is 6. The van der Waals surface area contributed by atoms with E-state index in [9.17, 15) is 4.79 Å². The van der Waals surface area contributed by atoms with Gasteiger partial charge in [0, 0.05) is 68.6 Å². The predicted molar refractivity (Wildman–Crippen MR) is 165 cm³/mol. The van der Waals surface area contributed by atoms with Gasteiger partial charge in [-0.1, -0.05) is 0 Å². The van der Waals surface area contributed by atoms with Crippen molar-refractivity contribution in [1.82, 2.24) is 24.6 Å². The average Bonchev–Trinajstić information content (AvgIpc) is 3.44. The van der Waals surface area contributed by atoms with E-state index in [1.54, 1.807) is 43.3 Å². The summed E-state index contributed by atoms with van der Waals surface area (Å²) in [6.07, 6.45) is 6.44. The molecule has 0 N–H and O–H groups in total. The molecule has 1 fully saturated rings. The lowest BCUT2D eigenvalue weighted by Gasteiger charge is -2.44. The van der Waals surface area contributed by atoms with Gasteiger partial charge in [-0.05, 0) is 51.8 Å². The van der Waals surface area contributed by atoms with Gasteiger partial charge in [0.2, 0.25) is 0 Å². The Morgan fingerprint density at radius 2 is 1.65 bits per heavy atom. The number of anilines is 2. The molecule has 3 heterocycles. The summed E-state index contributed by atoms with van der Waals surface area (Å²) in [5.41, 5.74) is 3.88. The molecule has 1 aliphatic heterocycles. The number of amides is 1. The zero-order chi connectivity index (χ0) is 30.8.